The van der Waals surface area contributed by atoms with Gasteiger partial charge in [0, 0.05) is 36.4 Å². The van der Waals surface area contributed by atoms with Gasteiger partial charge < -0.3 is 15.1 Å². The maximum absolute atomic E-state index is 12.6. The average Bonchev–Trinajstić information content (AvgIpc) is 3.69. The summed E-state index contributed by atoms with van der Waals surface area (Å²) in [5, 5.41) is 11.8. The Bertz CT molecular complexity index is 891. The molecule has 1 atom stereocenters. The summed E-state index contributed by atoms with van der Waals surface area (Å²) in [6.07, 6.45) is 8.47. The lowest BCUT2D eigenvalue weighted by atomic mass is 10.0. The average molecular weight is 446 g/mol. The smallest absolute Gasteiger partial charge is 0.318 e. The van der Waals surface area contributed by atoms with Crippen LogP contribution in [0.25, 0.3) is 0 Å². The molecule has 31 heavy (non-hydrogen) atoms. The monoisotopic (exact) mass is 445 g/mol. The SMILES string of the molecule is Cc1ccc(F)cc1Cl.O=C(NC1CC1)N(C1CC1)C1CCCN(c2cccnn2)C1. The predicted octanol–water partition coefficient (Wildman–Crippen LogP) is 4.57. The van der Waals surface area contributed by atoms with E-state index in [1.807, 2.05) is 19.1 Å². The molecule has 0 radical (unpaired) electrons. The quantitative estimate of drug-likeness (QED) is 0.748. The highest BCUT2D eigenvalue weighted by atomic mass is 35.5. The maximum Gasteiger partial charge on any atom is 0.318 e. The highest BCUT2D eigenvalue weighted by Crippen LogP contribution is 2.33. The molecule has 1 unspecified atom stereocenters. The number of aryl methyl sites for hydroxylation is 1. The predicted molar refractivity (Wildman–Crippen MR) is 120 cm³/mol. The molecule has 8 heteroatoms. The minimum absolute atomic E-state index is 0.149. The Morgan fingerprint density at radius 2 is 2.00 bits per heavy atom. The van der Waals surface area contributed by atoms with Crippen LogP contribution in [0.4, 0.5) is 15.0 Å². The number of carbonyl (C=O) groups excluding carboxylic acids is 1. The van der Waals surface area contributed by atoms with Gasteiger partial charge in [-0.2, -0.15) is 5.10 Å². The van der Waals surface area contributed by atoms with Gasteiger partial charge in [0.05, 0.1) is 6.04 Å². The van der Waals surface area contributed by atoms with E-state index in [2.05, 4.69) is 25.3 Å². The first kappa shape index (κ1) is 21.8. The maximum atomic E-state index is 12.6. The van der Waals surface area contributed by atoms with Gasteiger partial charge in [0.2, 0.25) is 0 Å². The van der Waals surface area contributed by atoms with Crippen LogP contribution in [0.15, 0.2) is 36.5 Å². The zero-order valence-electron chi connectivity index (χ0n) is 17.8. The fourth-order valence-corrected chi connectivity index (χ4v) is 4.05. The minimum Gasteiger partial charge on any atom is -0.353 e. The molecule has 2 aromatic rings. The van der Waals surface area contributed by atoms with Gasteiger partial charge in [0.15, 0.2) is 5.82 Å². The number of benzene rings is 1. The second-order valence-corrected chi connectivity index (χ2v) is 8.99. The summed E-state index contributed by atoms with van der Waals surface area (Å²) in [6, 6.07) is 9.58. The van der Waals surface area contributed by atoms with Gasteiger partial charge in [0.1, 0.15) is 5.82 Å². The second kappa shape index (κ2) is 9.81. The van der Waals surface area contributed by atoms with Crippen molar-refractivity contribution in [1.82, 2.24) is 20.4 Å². The van der Waals surface area contributed by atoms with Crippen LogP contribution in [0.2, 0.25) is 5.02 Å². The van der Waals surface area contributed by atoms with Gasteiger partial charge in [-0.1, -0.05) is 17.7 Å². The Hall–Kier alpha value is -2.41. The number of halogens is 2. The molecule has 1 aliphatic heterocycles. The lowest BCUT2D eigenvalue weighted by Crippen LogP contribution is -2.54. The van der Waals surface area contributed by atoms with Crippen molar-refractivity contribution in [2.45, 2.75) is 63.6 Å². The van der Waals surface area contributed by atoms with Gasteiger partial charge in [-0.3, -0.25) is 0 Å². The van der Waals surface area contributed by atoms with Gasteiger partial charge in [-0.15, -0.1) is 5.10 Å². The third-order valence-corrected chi connectivity index (χ3v) is 6.29. The Balaban J connectivity index is 0.000000217. The summed E-state index contributed by atoms with van der Waals surface area (Å²) in [4.78, 5) is 17.0. The van der Waals surface area contributed by atoms with Gasteiger partial charge >= 0.3 is 6.03 Å². The summed E-state index contributed by atoms with van der Waals surface area (Å²) in [7, 11) is 0. The standard InChI is InChI=1S/C16H23N5O.C7H6ClF/c22-16(18-12-5-6-12)21(13-7-8-13)14-3-2-10-20(11-14)15-4-1-9-17-19-15;1-5-2-3-6(9)4-7(5)8/h1,4,9,12-14H,2-3,5-8,10-11H2,(H,18,22);2-4H,1H3. The van der Waals surface area contributed by atoms with Gasteiger partial charge in [0.25, 0.3) is 0 Å². The van der Waals surface area contributed by atoms with E-state index < -0.39 is 0 Å². The molecule has 6 nitrogen and oxygen atoms in total. The molecule has 1 aromatic carbocycles. The first-order valence-electron chi connectivity index (χ1n) is 11.0. The molecule has 2 amide bonds. The van der Waals surface area contributed by atoms with Crippen LogP contribution in [0.1, 0.15) is 44.1 Å². The van der Waals surface area contributed by atoms with Crippen LogP contribution in [-0.2, 0) is 0 Å². The molecular formula is C23H29ClFN5O. The van der Waals surface area contributed by atoms with Crippen molar-refractivity contribution in [3.05, 3.63) is 52.9 Å². The van der Waals surface area contributed by atoms with Crippen LogP contribution in [0, 0.1) is 12.7 Å². The Morgan fingerprint density at radius 1 is 1.19 bits per heavy atom. The number of hydrogen-bond acceptors (Lipinski definition) is 4. The molecule has 5 rings (SSSR count). The zero-order chi connectivity index (χ0) is 21.8. The Labute approximate surface area is 187 Å². The van der Waals surface area contributed by atoms with Gasteiger partial charge in [-0.25, -0.2) is 9.18 Å². The first-order valence-corrected chi connectivity index (χ1v) is 11.4. The van der Waals surface area contributed by atoms with Crippen LogP contribution in [-0.4, -0.2) is 52.3 Å². The van der Waals surface area contributed by atoms with Crippen LogP contribution in [0.5, 0.6) is 0 Å². The molecule has 166 valence electrons. The van der Waals surface area contributed by atoms with Crippen molar-refractivity contribution in [3.8, 4) is 0 Å². The molecule has 1 aromatic heterocycles. The molecule has 3 aliphatic rings. The highest BCUT2D eigenvalue weighted by Gasteiger charge is 2.40. The summed E-state index contributed by atoms with van der Waals surface area (Å²) in [5.74, 6) is 0.635. The van der Waals surface area contributed by atoms with Crippen LogP contribution >= 0.6 is 11.6 Å². The lowest BCUT2D eigenvalue weighted by Gasteiger charge is -2.40. The van der Waals surface area contributed by atoms with E-state index in [-0.39, 0.29) is 11.8 Å². The number of urea groups is 1. The van der Waals surface area contributed by atoms with E-state index in [9.17, 15) is 9.18 Å². The number of nitrogens with zero attached hydrogens (tertiary/aromatic N) is 4. The number of piperidine rings is 1. The molecule has 2 aliphatic carbocycles. The van der Waals surface area contributed by atoms with Crippen molar-refractivity contribution in [2.24, 2.45) is 0 Å². The van der Waals surface area contributed by atoms with E-state index in [0.717, 1.165) is 63.0 Å². The zero-order valence-corrected chi connectivity index (χ0v) is 18.6. The fourth-order valence-electron chi connectivity index (χ4n) is 3.88. The second-order valence-electron chi connectivity index (χ2n) is 8.58. The van der Waals surface area contributed by atoms with E-state index >= 15 is 0 Å². The largest absolute Gasteiger partial charge is 0.353 e. The highest BCUT2D eigenvalue weighted by molar-refractivity contribution is 6.31. The molecule has 1 saturated heterocycles. The third-order valence-electron chi connectivity index (χ3n) is 5.89. The molecule has 2 heterocycles. The number of hydrogen-bond donors (Lipinski definition) is 1. The minimum atomic E-state index is -0.286. The number of nitrogens with one attached hydrogen (secondary N) is 1. The summed E-state index contributed by atoms with van der Waals surface area (Å²) < 4.78 is 12.3. The lowest BCUT2D eigenvalue weighted by molar-refractivity contribution is 0.160. The number of amides is 2. The van der Waals surface area contributed by atoms with Crippen molar-refractivity contribution in [2.75, 3.05) is 18.0 Å². The van der Waals surface area contributed by atoms with E-state index in [1.54, 1.807) is 12.3 Å². The summed E-state index contributed by atoms with van der Waals surface area (Å²) in [6.45, 7) is 3.70. The van der Waals surface area contributed by atoms with E-state index in [1.165, 1.54) is 12.1 Å². The molecule has 1 N–H and O–H groups in total. The first-order chi connectivity index (χ1) is 15.0. The van der Waals surface area contributed by atoms with Crippen molar-refractivity contribution in [1.29, 1.82) is 0 Å². The van der Waals surface area contributed by atoms with Crippen LogP contribution in [0.3, 0.4) is 0 Å². The Kier molecular flexibility index (Phi) is 6.90. The molecule has 3 fully saturated rings. The fraction of sp³-hybridized carbons (Fsp3) is 0.522. The molecule has 0 spiro atoms. The van der Waals surface area contributed by atoms with Crippen molar-refractivity contribution >= 4 is 23.4 Å². The Morgan fingerprint density at radius 3 is 2.61 bits per heavy atom. The number of carbonyl (C=O) groups is 1. The van der Waals surface area contributed by atoms with E-state index in [0.29, 0.717) is 23.1 Å². The molecular weight excluding hydrogens is 417 g/mol. The number of aromatic nitrogens is 2. The molecule has 2 saturated carbocycles. The number of rotatable bonds is 4. The normalized spacial score (nSPS) is 20.5. The third kappa shape index (κ3) is 6.06. The number of anilines is 1. The summed E-state index contributed by atoms with van der Waals surface area (Å²) in [5.41, 5.74) is 0.901. The van der Waals surface area contributed by atoms with Crippen LogP contribution < -0.4 is 10.2 Å². The summed E-state index contributed by atoms with van der Waals surface area (Å²) >= 11 is 5.57. The van der Waals surface area contributed by atoms with E-state index in [4.69, 9.17) is 11.6 Å². The van der Waals surface area contributed by atoms with Crippen molar-refractivity contribution < 1.29 is 9.18 Å². The van der Waals surface area contributed by atoms with Crippen molar-refractivity contribution in [3.63, 3.8) is 0 Å². The van der Waals surface area contributed by atoms with Gasteiger partial charge in [-0.05, 0) is 75.3 Å². The topological polar surface area (TPSA) is 61.4 Å². The molecule has 0 bridgehead atoms.